The lowest BCUT2D eigenvalue weighted by molar-refractivity contribution is -0.141. The van der Waals surface area contributed by atoms with Crippen LogP contribution in [0.3, 0.4) is 0 Å². The average molecular weight is 256 g/mol. The summed E-state index contributed by atoms with van der Waals surface area (Å²) in [6, 6.07) is -1.07. The third kappa shape index (κ3) is 2.75. The van der Waals surface area contributed by atoms with E-state index in [0.717, 1.165) is 19.3 Å². The van der Waals surface area contributed by atoms with Crippen molar-refractivity contribution in [1.29, 1.82) is 0 Å². The number of nitrogens with one attached hydrogen (secondary N) is 1. The Morgan fingerprint density at radius 3 is 2.72 bits per heavy atom. The lowest BCUT2D eigenvalue weighted by Crippen LogP contribution is -2.47. The summed E-state index contributed by atoms with van der Waals surface area (Å²) in [6.45, 7) is 2.21. The molecule has 0 aromatic carbocycles. The van der Waals surface area contributed by atoms with Gasteiger partial charge in [0.15, 0.2) is 0 Å². The molecule has 102 valence electrons. The summed E-state index contributed by atoms with van der Waals surface area (Å²) >= 11 is 0. The molecule has 0 bridgehead atoms. The molecule has 0 spiro atoms. The van der Waals surface area contributed by atoms with Crippen LogP contribution in [0.1, 0.15) is 32.6 Å². The first-order valence-electron chi connectivity index (χ1n) is 6.51. The summed E-state index contributed by atoms with van der Waals surface area (Å²) in [4.78, 5) is 24.2. The second kappa shape index (κ2) is 5.14. The predicted octanol–water partition coefficient (Wildman–Crippen LogP) is 0.404. The fourth-order valence-corrected chi connectivity index (χ4v) is 2.63. The molecule has 1 saturated heterocycles. The summed E-state index contributed by atoms with van der Waals surface area (Å²) in [6.07, 6.45) is 2.55. The maximum Gasteiger partial charge on any atom is 0.326 e. The van der Waals surface area contributed by atoms with E-state index in [2.05, 4.69) is 12.2 Å². The van der Waals surface area contributed by atoms with Crippen LogP contribution in [0, 0.1) is 5.92 Å². The van der Waals surface area contributed by atoms with Crippen molar-refractivity contribution in [2.75, 3.05) is 6.54 Å². The summed E-state index contributed by atoms with van der Waals surface area (Å²) in [5.41, 5.74) is 0. The smallest absolute Gasteiger partial charge is 0.326 e. The third-order valence-corrected chi connectivity index (χ3v) is 3.72. The van der Waals surface area contributed by atoms with Crippen molar-refractivity contribution in [3.05, 3.63) is 0 Å². The minimum absolute atomic E-state index is 0.105. The number of nitrogens with zero attached hydrogens (tertiary/aromatic N) is 1. The van der Waals surface area contributed by atoms with Gasteiger partial charge >= 0.3 is 12.0 Å². The van der Waals surface area contributed by atoms with Crippen LogP contribution in [0.25, 0.3) is 0 Å². The number of likely N-dealkylation sites (tertiary alicyclic amines) is 1. The molecule has 0 radical (unpaired) electrons. The Hall–Kier alpha value is -1.30. The van der Waals surface area contributed by atoms with Crippen LogP contribution in [0.2, 0.25) is 0 Å². The van der Waals surface area contributed by atoms with Crippen molar-refractivity contribution in [1.82, 2.24) is 10.2 Å². The maximum atomic E-state index is 11.9. The van der Waals surface area contributed by atoms with Crippen molar-refractivity contribution < 1.29 is 19.8 Å². The van der Waals surface area contributed by atoms with Gasteiger partial charge in [-0.25, -0.2) is 9.59 Å². The van der Waals surface area contributed by atoms with Crippen molar-refractivity contribution in [2.45, 2.75) is 50.8 Å². The Morgan fingerprint density at radius 2 is 2.11 bits per heavy atom. The number of aliphatic hydroxyl groups is 1. The van der Waals surface area contributed by atoms with Gasteiger partial charge in [-0.1, -0.05) is 13.3 Å². The molecule has 1 aliphatic carbocycles. The largest absolute Gasteiger partial charge is 0.480 e. The summed E-state index contributed by atoms with van der Waals surface area (Å²) in [5, 5.41) is 21.3. The van der Waals surface area contributed by atoms with E-state index in [1.54, 1.807) is 0 Å². The highest BCUT2D eigenvalue weighted by Crippen LogP contribution is 2.34. The van der Waals surface area contributed by atoms with E-state index in [1.165, 1.54) is 4.90 Å². The number of β-amino-alcohol motifs (C(OH)–C–C–N with tert-alkyl or cyclic N) is 1. The maximum absolute atomic E-state index is 11.9. The van der Waals surface area contributed by atoms with Crippen LogP contribution in [0.15, 0.2) is 0 Å². The lowest BCUT2D eigenvalue weighted by atomic mass is 10.2. The van der Waals surface area contributed by atoms with E-state index in [-0.39, 0.29) is 25.0 Å². The first-order chi connectivity index (χ1) is 8.52. The normalized spacial score (nSPS) is 34.4. The number of hydrogen-bond donors (Lipinski definition) is 3. The molecule has 6 heteroatoms. The molecule has 6 nitrogen and oxygen atoms in total. The van der Waals surface area contributed by atoms with Crippen LogP contribution in [0.4, 0.5) is 4.79 Å². The summed E-state index contributed by atoms with van der Waals surface area (Å²) in [5.74, 6) is -0.516. The van der Waals surface area contributed by atoms with Gasteiger partial charge in [0.2, 0.25) is 0 Å². The molecule has 18 heavy (non-hydrogen) atoms. The van der Waals surface area contributed by atoms with Crippen molar-refractivity contribution in [2.24, 2.45) is 5.92 Å². The number of urea groups is 1. The molecule has 0 aromatic heterocycles. The van der Waals surface area contributed by atoms with Crippen LogP contribution in [-0.4, -0.2) is 51.8 Å². The van der Waals surface area contributed by atoms with Gasteiger partial charge in [0, 0.05) is 19.0 Å². The number of aliphatic carboxylic acids is 1. The van der Waals surface area contributed by atoms with E-state index in [9.17, 15) is 14.7 Å². The monoisotopic (exact) mass is 256 g/mol. The van der Waals surface area contributed by atoms with Gasteiger partial charge in [0.1, 0.15) is 6.04 Å². The van der Waals surface area contributed by atoms with E-state index in [4.69, 9.17) is 5.11 Å². The van der Waals surface area contributed by atoms with E-state index >= 15 is 0 Å². The number of rotatable bonds is 4. The van der Waals surface area contributed by atoms with Crippen molar-refractivity contribution in [3.63, 3.8) is 0 Å². The number of carbonyl (C=O) groups is 2. The number of carbonyl (C=O) groups excluding carboxylic acids is 1. The molecule has 1 saturated carbocycles. The number of hydrogen-bond acceptors (Lipinski definition) is 3. The van der Waals surface area contributed by atoms with Crippen LogP contribution >= 0.6 is 0 Å². The van der Waals surface area contributed by atoms with Gasteiger partial charge in [0.25, 0.3) is 0 Å². The highest BCUT2D eigenvalue weighted by Gasteiger charge is 2.43. The highest BCUT2D eigenvalue weighted by atomic mass is 16.4. The molecule has 2 rings (SSSR count). The fourth-order valence-electron chi connectivity index (χ4n) is 2.63. The first-order valence-corrected chi connectivity index (χ1v) is 6.51. The molecule has 4 atom stereocenters. The Kier molecular flexibility index (Phi) is 3.75. The van der Waals surface area contributed by atoms with Crippen LogP contribution in [0.5, 0.6) is 0 Å². The topological polar surface area (TPSA) is 89.9 Å². The zero-order chi connectivity index (χ0) is 13.3. The molecule has 2 aliphatic rings. The van der Waals surface area contributed by atoms with Gasteiger partial charge in [-0.2, -0.15) is 0 Å². The first kappa shape index (κ1) is 13.1. The Bertz CT molecular complexity index is 347. The number of carboxylic acid groups (broad SMARTS) is 1. The zero-order valence-electron chi connectivity index (χ0n) is 10.5. The average Bonchev–Trinajstić information content (AvgIpc) is 2.88. The zero-order valence-corrected chi connectivity index (χ0v) is 10.5. The van der Waals surface area contributed by atoms with E-state index in [1.807, 2.05) is 0 Å². The molecule has 3 N–H and O–H groups in total. The fraction of sp³-hybridized carbons (Fsp3) is 0.833. The standard InChI is InChI=1S/C12H20N2O4/c1-2-3-7-4-9(7)13-12(18)14-6-8(15)5-10(14)11(16)17/h7-10,15H,2-6H2,1H3,(H,13,18)(H,16,17)/t7?,8-,9?,10-/m1/s1. The highest BCUT2D eigenvalue weighted by molar-refractivity contribution is 5.83. The van der Waals surface area contributed by atoms with Crippen molar-refractivity contribution >= 4 is 12.0 Å². The molecule has 0 aromatic rings. The molecule has 1 heterocycles. The molecule has 2 unspecified atom stereocenters. The van der Waals surface area contributed by atoms with Gasteiger partial charge in [-0.05, 0) is 18.8 Å². The van der Waals surface area contributed by atoms with Gasteiger partial charge < -0.3 is 20.4 Å². The quantitative estimate of drug-likeness (QED) is 0.679. The minimum Gasteiger partial charge on any atom is -0.480 e. The third-order valence-electron chi connectivity index (χ3n) is 3.72. The van der Waals surface area contributed by atoms with Gasteiger partial charge in [-0.3, -0.25) is 0 Å². The lowest BCUT2D eigenvalue weighted by Gasteiger charge is -2.21. The van der Waals surface area contributed by atoms with E-state index < -0.39 is 18.1 Å². The van der Waals surface area contributed by atoms with Crippen LogP contribution in [-0.2, 0) is 4.79 Å². The SMILES string of the molecule is CCCC1CC1NC(=O)N1C[C@H](O)C[C@@H]1C(=O)O. The Labute approximate surface area is 106 Å². The van der Waals surface area contributed by atoms with E-state index in [0.29, 0.717) is 5.92 Å². The molecule has 2 fully saturated rings. The number of amides is 2. The van der Waals surface area contributed by atoms with Crippen LogP contribution < -0.4 is 5.32 Å². The molecular weight excluding hydrogens is 236 g/mol. The molecular formula is C12H20N2O4. The summed E-state index contributed by atoms with van der Waals surface area (Å²) in [7, 11) is 0. The van der Waals surface area contributed by atoms with Crippen molar-refractivity contribution in [3.8, 4) is 0 Å². The Morgan fingerprint density at radius 1 is 1.39 bits per heavy atom. The minimum atomic E-state index is -1.05. The van der Waals surface area contributed by atoms with Gasteiger partial charge in [0.05, 0.1) is 6.10 Å². The predicted molar refractivity (Wildman–Crippen MR) is 64.1 cm³/mol. The molecule has 2 amide bonds. The second-order valence-corrected chi connectivity index (χ2v) is 5.24. The number of carboxylic acids is 1. The second-order valence-electron chi connectivity index (χ2n) is 5.24. The molecule has 1 aliphatic heterocycles. The number of aliphatic hydroxyl groups excluding tert-OH is 1. The summed E-state index contributed by atoms with van der Waals surface area (Å²) < 4.78 is 0. The van der Waals surface area contributed by atoms with Gasteiger partial charge in [-0.15, -0.1) is 0 Å². The Balaban J connectivity index is 1.87.